The minimum atomic E-state index is -3.45. The number of benzene rings is 1. The van der Waals surface area contributed by atoms with Crippen molar-refractivity contribution < 1.29 is 8.42 Å². The maximum Gasteiger partial charge on any atom is 0.244 e. The van der Waals surface area contributed by atoms with Crippen LogP contribution in [0, 0.1) is 5.92 Å². The fourth-order valence-electron chi connectivity index (χ4n) is 3.47. The van der Waals surface area contributed by atoms with Crippen molar-refractivity contribution in [3.05, 3.63) is 66.6 Å². The van der Waals surface area contributed by atoms with Crippen LogP contribution in [0.4, 0.5) is 0 Å². The molecule has 4 rings (SSSR count). The van der Waals surface area contributed by atoms with Crippen LogP contribution < -0.4 is 0 Å². The van der Waals surface area contributed by atoms with Gasteiger partial charge in [-0.3, -0.25) is 9.97 Å². The zero-order valence-electron chi connectivity index (χ0n) is 13.7. The first-order valence-corrected chi connectivity index (χ1v) is 9.81. The van der Waals surface area contributed by atoms with E-state index < -0.39 is 10.0 Å². The molecule has 1 fully saturated rings. The standard InChI is InChI=1S/C19H19N3O2S/c23-25(24,17-4-3-9-20-13-17)22-11-8-15(14-22)12-16-7-10-21-19-6-2-1-5-18(16)19/h1-7,9-10,13,15H,8,11-12,14H2/t15-/m0/s1. The van der Waals surface area contributed by atoms with Crippen molar-refractivity contribution in [3.8, 4) is 0 Å². The second-order valence-electron chi connectivity index (χ2n) is 6.40. The minimum absolute atomic E-state index is 0.269. The molecule has 0 saturated carbocycles. The highest BCUT2D eigenvalue weighted by atomic mass is 32.2. The van der Waals surface area contributed by atoms with Crippen LogP contribution in [0.2, 0.25) is 0 Å². The first-order chi connectivity index (χ1) is 12.1. The summed E-state index contributed by atoms with van der Waals surface area (Å²) in [5, 5.41) is 1.15. The molecule has 1 aromatic carbocycles. The predicted molar refractivity (Wildman–Crippen MR) is 96.5 cm³/mol. The van der Waals surface area contributed by atoms with Gasteiger partial charge in [0.25, 0.3) is 0 Å². The van der Waals surface area contributed by atoms with Crippen LogP contribution in [0.5, 0.6) is 0 Å². The molecule has 1 saturated heterocycles. The molecule has 0 bridgehead atoms. The Labute approximate surface area is 147 Å². The fraction of sp³-hybridized carbons (Fsp3) is 0.263. The van der Waals surface area contributed by atoms with Crippen LogP contribution in [0.25, 0.3) is 10.9 Å². The Balaban J connectivity index is 1.53. The summed E-state index contributed by atoms with van der Waals surface area (Å²) in [5.41, 5.74) is 2.22. The number of nitrogens with zero attached hydrogens (tertiary/aromatic N) is 3. The lowest BCUT2D eigenvalue weighted by atomic mass is 9.96. The Morgan fingerprint density at radius 3 is 2.80 bits per heavy atom. The summed E-state index contributed by atoms with van der Waals surface area (Å²) in [6.07, 6.45) is 6.56. The highest BCUT2D eigenvalue weighted by Crippen LogP contribution is 2.28. The summed E-state index contributed by atoms with van der Waals surface area (Å²) in [6, 6.07) is 13.4. The van der Waals surface area contributed by atoms with Gasteiger partial charge in [0.05, 0.1) is 5.52 Å². The molecular weight excluding hydrogens is 334 g/mol. The van der Waals surface area contributed by atoms with Crippen LogP contribution in [0.1, 0.15) is 12.0 Å². The van der Waals surface area contributed by atoms with E-state index in [9.17, 15) is 8.42 Å². The van der Waals surface area contributed by atoms with Crippen molar-refractivity contribution >= 4 is 20.9 Å². The van der Waals surface area contributed by atoms with E-state index in [-0.39, 0.29) is 4.90 Å². The monoisotopic (exact) mass is 353 g/mol. The predicted octanol–water partition coefficient (Wildman–Crippen LogP) is 2.88. The third-order valence-corrected chi connectivity index (χ3v) is 6.62. The zero-order chi connectivity index (χ0) is 17.3. The molecule has 2 aromatic heterocycles. The Morgan fingerprint density at radius 1 is 1.08 bits per heavy atom. The van der Waals surface area contributed by atoms with Gasteiger partial charge in [0.2, 0.25) is 10.0 Å². The molecule has 1 aliphatic heterocycles. The summed E-state index contributed by atoms with van der Waals surface area (Å²) < 4.78 is 27.0. The average molecular weight is 353 g/mol. The van der Waals surface area contributed by atoms with Crippen LogP contribution >= 0.6 is 0 Å². The lowest BCUT2D eigenvalue weighted by molar-refractivity contribution is 0.456. The van der Waals surface area contributed by atoms with E-state index in [1.165, 1.54) is 11.8 Å². The number of fused-ring (bicyclic) bond motifs is 1. The van der Waals surface area contributed by atoms with E-state index in [2.05, 4.69) is 16.0 Å². The average Bonchev–Trinajstić information content (AvgIpc) is 3.12. The van der Waals surface area contributed by atoms with Gasteiger partial charge < -0.3 is 0 Å². The van der Waals surface area contributed by atoms with Crippen LogP contribution in [-0.2, 0) is 16.4 Å². The van der Waals surface area contributed by atoms with Crippen LogP contribution in [0.3, 0.4) is 0 Å². The summed E-state index contributed by atoms with van der Waals surface area (Å²) in [4.78, 5) is 8.60. The third kappa shape index (κ3) is 3.15. The molecule has 0 amide bonds. The second kappa shape index (κ2) is 6.54. The maximum absolute atomic E-state index is 12.7. The first kappa shape index (κ1) is 16.2. The number of aromatic nitrogens is 2. The van der Waals surface area contributed by atoms with Crippen molar-refractivity contribution in [2.45, 2.75) is 17.7 Å². The van der Waals surface area contributed by atoms with Crippen LogP contribution in [0.15, 0.2) is 66.0 Å². The number of hydrogen-bond donors (Lipinski definition) is 0. The Morgan fingerprint density at radius 2 is 1.96 bits per heavy atom. The van der Waals surface area contributed by atoms with E-state index in [4.69, 9.17) is 0 Å². The molecule has 3 aromatic rings. The molecule has 128 valence electrons. The smallest absolute Gasteiger partial charge is 0.244 e. The van der Waals surface area contributed by atoms with Crippen molar-refractivity contribution in [3.63, 3.8) is 0 Å². The second-order valence-corrected chi connectivity index (χ2v) is 8.34. The summed E-state index contributed by atoms with van der Waals surface area (Å²) in [5.74, 6) is 0.317. The molecule has 3 heterocycles. The number of hydrogen-bond acceptors (Lipinski definition) is 4. The number of rotatable bonds is 4. The van der Waals surface area contributed by atoms with Crippen LogP contribution in [-0.4, -0.2) is 35.8 Å². The van der Waals surface area contributed by atoms with E-state index in [0.29, 0.717) is 19.0 Å². The van der Waals surface area contributed by atoms with Gasteiger partial charge in [0.1, 0.15) is 4.90 Å². The maximum atomic E-state index is 12.7. The summed E-state index contributed by atoms with van der Waals surface area (Å²) >= 11 is 0. The molecule has 0 unspecified atom stereocenters. The van der Waals surface area contributed by atoms with Crippen molar-refractivity contribution in [1.82, 2.24) is 14.3 Å². The number of para-hydroxylation sites is 1. The number of sulfonamides is 1. The van der Waals surface area contributed by atoms with Gasteiger partial charge in [-0.25, -0.2) is 8.42 Å². The lowest BCUT2D eigenvalue weighted by Crippen LogP contribution is -2.29. The molecule has 0 radical (unpaired) electrons. The number of pyridine rings is 2. The molecule has 6 heteroatoms. The SMILES string of the molecule is O=S(=O)(c1cccnc1)N1CC[C@@H](Cc2ccnc3ccccc23)C1. The van der Waals surface area contributed by atoms with Gasteiger partial charge in [0.15, 0.2) is 0 Å². The van der Waals surface area contributed by atoms with E-state index in [1.54, 1.807) is 22.6 Å². The third-order valence-electron chi connectivity index (χ3n) is 4.77. The molecule has 25 heavy (non-hydrogen) atoms. The van der Waals surface area contributed by atoms with Crippen molar-refractivity contribution in [1.29, 1.82) is 0 Å². The topological polar surface area (TPSA) is 63.2 Å². The molecule has 1 aliphatic rings. The zero-order valence-corrected chi connectivity index (χ0v) is 14.6. The quantitative estimate of drug-likeness (QED) is 0.723. The molecule has 5 nitrogen and oxygen atoms in total. The van der Waals surface area contributed by atoms with Gasteiger partial charge in [-0.1, -0.05) is 18.2 Å². The van der Waals surface area contributed by atoms with Gasteiger partial charge >= 0.3 is 0 Å². The molecule has 0 aliphatic carbocycles. The van der Waals surface area contributed by atoms with Crippen molar-refractivity contribution in [2.24, 2.45) is 5.92 Å². The van der Waals surface area contributed by atoms with E-state index in [0.717, 1.165) is 23.7 Å². The largest absolute Gasteiger partial charge is 0.263 e. The molecular formula is C19H19N3O2S. The first-order valence-electron chi connectivity index (χ1n) is 8.37. The molecule has 0 N–H and O–H groups in total. The highest BCUT2D eigenvalue weighted by molar-refractivity contribution is 7.89. The molecule has 1 atom stereocenters. The van der Waals surface area contributed by atoms with Gasteiger partial charge in [-0.15, -0.1) is 0 Å². The van der Waals surface area contributed by atoms with E-state index >= 15 is 0 Å². The Hall–Kier alpha value is -2.31. The lowest BCUT2D eigenvalue weighted by Gasteiger charge is -2.16. The van der Waals surface area contributed by atoms with Gasteiger partial charge in [-0.2, -0.15) is 4.31 Å². The summed E-state index contributed by atoms with van der Waals surface area (Å²) in [7, 11) is -3.45. The van der Waals surface area contributed by atoms with E-state index in [1.807, 2.05) is 30.5 Å². The fourth-order valence-corrected chi connectivity index (χ4v) is 4.97. The van der Waals surface area contributed by atoms with Gasteiger partial charge in [-0.05, 0) is 48.6 Å². The minimum Gasteiger partial charge on any atom is -0.263 e. The normalized spacial score (nSPS) is 18.6. The van der Waals surface area contributed by atoms with Gasteiger partial charge in [0, 0.05) is 37.1 Å². The highest BCUT2D eigenvalue weighted by Gasteiger charge is 2.32. The molecule has 0 spiro atoms. The Bertz CT molecular complexity index is 984. The Kier molecular flexibility index (Phi) is 4.23. The summed E-state index contributed by atoms with van der Waals surface area (Å²) in [6.45, 7) is 1.11. The van der Waals surface area contributed by atoms with Crippen molar-refractivity contribution in [2.75, 3.05) is 13.1 Å².